The third-order valence-electron chi connectivity index (χ3n) is 3.24. The fraction of sp³-hybridized carbons (Fsp3) is 0.727. The molecule has 2 rings (SSSR count). The van der Waals surface area contributed by atoms with Crippen LogP contribution in [0.2, 0.25) is 0 Å². The molecule has 2 fully saturated rings. The summed E-state index contributed by atoms with van der Waals surface area (Å²) < 4.78 is 0. The number of hydrogen-bond acceptors (Lipinski definition) is 2. The molecule has 0 atom stereocenters. The van der Waals surface area contributed by atoms with Gasteiger partial charge in [0.2, 0.25) is 5.91 Å². The Hall–Kier alpha value is -0.830. The molecule has 1 amide bonds. The highest BCUT2D eigenvalue weighted by Gasteiger charge is 2.20. The monoisotopic (exact) mass is 194 g/mol. The molecule has 2 aliphatic rings. The van der Waals surface area contributed by atoms with Gasteiger partial charge in [-0.1, -0.05) is 12.8 Å². The summed E-state index contributed by atoms with van der Waals surface area (Å²) in [6, 6.07) is 0.436. The van der Waals surface area contributed by atoms with E-state index in [0.29, 0.717) is 6.04 Å². The minimum Gasteiger partial charge on any atom is -0.350 e. The Morgan fingerprint density at radius 2 is 2.00 bits per heavy atom. The average Bonchev–Trinajstić information content (AvgIpc) is 2.53. The van der Waals surface area contributed by atoms with Gasteiger partial charge in [-0.15, -0.1) is 0 Å². The van der Waals surface area contributed by atoms with Gasteiger partial charge >= 0.3 is 0 Å². The number of amides is 1. The van der Waals surface area contributed by atoms with E-state index < -0.39 is 0 Å². The standard InChI is InChI=1S/C11H18N2O/c1-8(9-6-12-7-9)11(14)13-10-4-2-3-5-10/h10,12H,2-7H2,1H3,(H,13,14). The molecule has 2 N–H and O–H groups in total. The molecule has 0 bridgehead atoms. The zero-order valence-electron chi connectivity index (χ0n) is 8.73. The van der Waals surface area contributed by atoms with Crippen LogP contribution in [-0.2, 0) is 4.79 Å². The largest absolute Gasteiger partial charge is 0.350 e. The van der Waals surface area contributed by atoms with Gasteiger partial charge in [-0.2, -0.15) is 0 Å². The van der Waals surface area contributed by atoms with Gasteiger partial charge in [0.15, 0.2) is 0 Å². The molecule has 0 aromatic heterocycles. The number of carbonyl (C=O) groups excluding carboxylic acids is 1. The van der Waals surface area contributed by atoms with E-state index in [-0.39, 0.29) is 5.91 Å². The average molecular weight is 194 g/mol. The molecule has 1 saturated heterocycles. The van der Waals surface area contributed by atoms with Crippen LogP contribution in [0.5, 0.6) is 0 Å². The van der Waals surface area contributed by atoms with Crippen molar-refractivity contribution in [3.8, 4) is 0 Å². The molecular formula is C11H18N2O. The quantitative estimate of drug-likeness (QED) is 0.643. The Morgan fingerprint density at radius 3 is 2.50 bits per heavy atom. The van der Waals surface area contributed by atoms with Gasteiger partial charge in [0.05, 0.1) is 0 Å². The van der Waals surface area contributed by atoms with Crippen molar-refractivity contribution in [3.05, 3.63) is 11.1 Å². The van der Waals surface area contributed by atoms with E-state index in [9.17, 15) is 4.79 Å². The molecule has 0 spiro atoms. The molecule has 78 valence electrons. The second-order valence-electron chi connectivity index (χ2n) is 4.29. The van der Waals surface area contributed by atoms with Crippen LogP contribution >= 0.6 is 0 Å². The molecule has 0 unspecified atom stereocenters. The summed E-state index contributed by atoms with van der Waals surface area (Å²) in [5, 5.41) is 6.26. The van der Waals surface area contributed by atoms with Gasteiger partial charge in [0.25, 0.3) is 0 Å². The summed E-state index contributed by atoms with van der Waals surface area (Å²) in [5.41, 5.74) is 2.19. The normalized spacial score (nSPS) is 21.9. The predicted octanol–water partition coefficient (Wildman–Crippen LogP) is 0.965. The Bertz CT molecular complexity index is 258. The highest BCUT2D eigenvalue weighted by Crippen LogP contribution is 2.18. The third kappa shape index (κ3) is 1.98. The first-order chi connectivity index (χ1) is 6.77. The maximum Gasteiger partial charge on any atom is 0.247 e. The summed E-state index contributed by atoms with van der Waals surface area (Å²) in [6.45, 7) is 3.72. The highest BCUT2D eigenvalue weighted by atomic mass is 16.1. The number of rotatable bonds is 2. The van der Waals surface area contributed by atoms with E-state index in [2.05, 4.69) is 10.6 Å². The molecule has 14 heavy (non-hydrogen) atoms. The molecule has 1 aliphatic heterocycles. The van der Waals surface area contributed by atoms with Gasteiger partial charge in [-0.05, 0) is 25.3 Å². The zero-order valence-corrected chi connectivity index (χ0v) is 8.73. The first kappa shape index (κ1) is 9.71. The van der Waals surface area contributed by atoms with Gasteiger partial charge in [-0.3, -0.25) is 4.79 Å². The van der Waals surface area contributed by atoms with E-state index in [1.807, 2.05) is 6.92 Å². The van der Waals surface area contributed by atoms with Crippen molar-refractivity contribution >= 4 is 5.91 Å². The summed E-state index contributed by atoms with van der Waals surface area (Å²) in [6.07, 6.45) is 4.85. The van der Waals surface area contributed by atoms with Gasteiger partial charge in [0.1, 0.15) is 0 Å². The van der Waals surface area contributed by atoms with Crippen LogP contribution < -0.4 is 10.6 Å². The molecule has 1 heterocycles. The van der Waals surface area contributed by atoms with Crippen LogP contribution in [0.1, 0.15) is 32.6 Å². The lowest BCUT2D eigenvalue weighted by Crippen LogP contribution is -2.39. The second kappa shape index (κ2) is 4.13. The zero-order chi connectivity index (χ0) is 9.97. The molecule has 1 saturated carbocycles. The molecular weight excluding hydrogens is 176 g/mol. The smallest absolute Gasteiger partial charge is 0.247 e. The van der Waals surface area contributed by atoms with E-state index in [4.69, 9.17) is 0 Å². The molecule has 0 aromatic carbocycles. The van der Waals surface area contributed by atoms with Crippen LogP contribution in [0.15, 0.2) is 11.1 Å². The molecule has 3 heteroatoms. The van der Waals surface area contributed by atoms with Crippen LogP contribution in [0.3, 0.4) is 0 Å². The minimum atomic E-state index is 0.147. The first-order valence-electron chi connectivity index (χ1n) is 5.47. The SMILES string of the molecule is CC(C(=O)NC1CCCC1)=C1CNC1. The van der Waals surface area contributed by atoms with Crippen molar-refractivity contribution in [3.63, 3.8) is 0 Å². The van der Waals surface area contributed by atoms with Gasteiger partial charge in [0, 0.05) is 24.7 Å². The first-order valence-corrected chi connectivity index (χ1v) is 5.47. The lowest BCUT2D eigenvalue weighted by Gasteiger charge is -2.22. The fourth-order valence-corrected chi connectivity index (χ4v) is 2.04. The summed E-state index contributed by atoms with van der Waals surface area (Å²) in [4.78, 5) is 11.7. The molecule has 1 aliphatic carbocycles. The molecule has 3 nitrogen and oxygen atoms in total. The lowest BCUT2D eigenvalue weighted by atomic mass is 10.0. The van der Waals surface area contributed by atoms with Crippen LogP contribution in [-0.4, -0.2) is 25.0 Å². The lowest BCUT2D eigenvalue weighted by molar-refractivity contribution is -0.118. The van der Waals surface area contributed by atoms with E-state index in [1.54, 1.807) is 0 Å². The Morgan fingerprint density at radius 1 is 1.36 bits per heavy atom. The van der Waals surface area contributed by atoms with Gasteiger partial charge in [-0.25, -0.2) is 0 Å². The molecule has 0 radical (unpaired) electrons. The second-order valence-corrected chi connectivity index (χ2v) is 4.29. The van der Waals surface area contributed by atoms with E-state index >= 15 is 0 Å². The highest BCUT2D eigenvalue weighted by molar-refractivity contribution is 5.94. The van der Waals surface area contributed by atoms with Gasteiger partial charge < -0.3 is 10.6 Å². The van der Waals surface area contributed by atoms with Crippen molar-refractivity contribution in [2.45, 2.75) is 38.6 Å². The van der Waals surface area contributed by atoms with Crippen LogP contribution in [0.4, 0.5) is 0 Å². The Balaban J connectivity index is 1.88. The van der Waals surface area contributed by atoms with Crippen molar-refractivity contribution in [1.29, 1.82) is 0 Å². The summed E-state index contributed by atoms with van der Waals surface area (Å²) in [7, 11) is 0. The minimum absolute atomic E-state index is 0.147. The maximum atomic E-state index is 11.7. The summed E-state index contributed by atoms with van der Waals surface area (Å²) >= 11 is 0. The topological polar surface area (TPSA) is 41.1 Å². The fourth-order valence-electron chi connectivity index (χ4n) is 2.04. The number of hydrogen-bond donors (Lipinski definition) is 2. The van der Waals surface area contributed by atoms with E-state index in [1.165, 1.54) is 18.4 Å². The Kier molecular flexibility index (Phi) is 2.87. The number of carbonyl (C=O) groups is 1. The van der Waals surface area contributed by atoms with E-state index in [0.717, 1.165) is 31.5 Å². The van der Waals surface area contributed by atoms with Crippen LogP contribution in [0.25, 0.3) is 0 Å². The van der Waals surface area contributed by atoms with Crippen LogP contribution in [0, 0.1) is 0 Å². The summed E-state index contributed by atoms with van der Waals surface area (Å²) in [5.74, 6) is 0.147. The maximum absolute atomic E-state index is 11.7. The third-order valence-corrected chi connectivity index (χ3v) is 3.24. The Labute approximate surface area is 84.9 Å². The van der Waals surface area contributed by atoms with Crippen molar-refractivity contribution in [2.75, 3.05) is 13.1 Å². The number of nitrogens with one attached hydrogen (secondary N) is 2. The molecule has 0 aromatic rings. The van der Waals surface area contributed by atoms with Crippen molar-refractivity contribution in [2.24, 2.45) is 0 Å². The predicted molar refractivity (Wildman–Crippen MR) is 56.0 cm³/mol. The van der Waals surface area contributed by atoms with Crippen molar-refractivity contribution in [1.82, 2.24) is 10.6 Å². The van der Waals surface area contributed by atoms with Crippen molar-refractivity contribution < 1.29 is 4.79 Å².